The summed E-state index contributed by atoms with van der Waals surface area (Å²) < 4.78 is 0. The minimum absolute atomic E-state index is 0.111. The molecule has 1 rings (SSSR count). The summed E-state index contributed by atoms with van der Waals surface area (Å²) >= 11 is 0. The molecule has 0 unspecified atom stereocenters. The SMILES string of the molecule is CC(C)(C)C1=CN(C(C)(C)C)NN1. The molecule has 76 valence electrons. The highest BCUT2D eigenvalue weighted by Gasteiger charge is 2.27. The molecule has 13 heavy (non-hydrogen) atoms. The molecule has 0 spiro atoms. The summed E-state index contributed by atoms with van der Waals surface area (Å²) in [4.78, 5) is 0. The zero-order chi connectivity index (χ0) is 10.3. The summed E-state index contributed by atoms with van der Waals surface area (Å²) in [5, 5.41) is 2.09. The van der Waals surface area contributed by atoms with E-state index < -0.39 is 0 Å². The highest BCUT2D eigenvalue weighted by molar-refractivity contribution is 5.11. The second kappa shape index (κ2) is 2.91. The second-order valence-corrected chi connectivity index (χ2v) is 5.57. The van der Waals surface area contributed by atoms with Crippen LogP contribution >= 0.6 is 0 Å². The zero-order valence-corrected chi connectivity index (χ0v) is 9.52. The van der Waals surface area contributed by atoms with Gasteiger partial charge in [0.25, 0.3) is 0 Å². The Morgan fingerprint density at radius 3 is 1.85 bits per heavy atom. The molecule has 0 radical (unpaired) electrons. The van der Waals surface area contributed by atoms with Crippen molar-refractivity contribution >= 4 is 0 Å². The minimum Gasteiger partial charge on any atom is -0.306 e. The number of allylic oxidation sites excluding steroid dienone is 1. The van der Waals surface area contributed by atoms with E-state index >= 15 is 0 Å². The lowest BCUT2D eigenvalue weighted by atomic mass is 9.93. The van der Waals surface area contributed by atoms with Crippen molar-refractivity contribution in [1.29, 1.82) is 0 Å². The summed E-state index contributed by atoms with van der Waals surface area (Å²) in [5.41, 5.74) is 7.84. The van der Waals surface area contributed by atoms with Gasteiger partial charge in [0.2, 0.25) is 0 Å². The van der Waals surface area contributed by atoms with Crippen LogP contribution in [-0.2, 0) is 0 Å². The first kappa shape index (κ1) is 10.4. The molecular weight excluding hydrogens is 162 g/mol. The van der Waals surface area contributed by atoms with Crippen molar-refractivity contribution in [3.8, 4) is 0 Å². The second-order valence-electron chi connectivity index (χ2n) is 5.57. The topological polar surface area (TPSA) is 27.3 Å². The smallest absolute Gasteiger partial charge is 0.0507 e. The molecule has 0 atom stereocenters. The van der Waals surface area contributed by atoms with Crippen LogP contribution in [0.1, 0.15) is 41.5 Å². The van der Waals surface area contributed by atoms with E-state index in [1.165, 1.54) is 5.70 Å². The van der Waals surface area contributed by atoms with Crippen LogP contribution in [0.4, 0.5) is 0 Å². The number of hydrazine groups is 2. The third-order valence-corrected chi connectivity index (χ3v) is 2.10. The van der Waals surface area contributed by atoms with E-state index in [1.807, 2.05) is 0 Å². The maximum Gasteiger partial charge on any atom is 0.0507 e. The maximum atomic E-state index is 3.19. The van der Waals surface area contributed by atoms with Crippen LogP contribution in [0.25, 0.3) is 0 Å². The van der Waals surface area contributed by atoms with Crippen LogP contribution in [0.5, 0.6) is 0 Å². The van der Waals surface area contributed by atoms with Gasteiger partial charge in [-0.25, -0.2) is 0 Å². The zero-order valence-electron chi connectivity index (χ0n) is 9.52. The first-order valence-corrected chi connectivity index (χ1v) is 4.74. The van der Waals surface area contributed by atoms with Crippen molar-refractivity contribution in [2.24, 2.45) is 5.41 Å². The molecule has 0 aromatic carbocycles. The monoisotopic (exact) mass is 183 g/mol. The standard InChI is InChI=1S/C10H21N3/c1-9(2,3)8-7-13(12-11-8)10(4,5)6/h7,11-12H,1-6H3. The summed E-state index contributed by atoms with van der Waals surface area (Å²) in [6.45, 7) is 13.1. The molecule has 3 heteroatoms. The molecule has 2 N–H and O–H groups in total. The predicted octanol–water partition coefficient (Wildman–Crippen LogP) is 2.00. The quantitative estimate of drug-likeness (QED) is 0.601. The Hall–Kier alpha value is -0.700. The van der Waals surface area contributed by atoms with Crippen molar-refractivity contribution in [1.82, 2.24) is 16.0 Å². The van der Waals surface area contributed by atoms with Gasteiger partial charge in [0.15, 0.2) is 0 Å². The first-order chi connectivity index (χ1) is 5.71. The highest BCUT2D eigenvalue weighted by Crippen LogP contribution is 2.26. The fourth-order valence-corrected chi connectivity index (χ4v) is 1.06. The van der Waals surface area contributed by atoms with Gasteiger partial charge < -0.3 is 5.43 Å². The minimum atomic E-state index is 0.111. The molecule has 0 aliphatic carbocycles. The third kappa shape index (κ3) is 2.37. The van der Waals surface area contributed by atoms with E-state index in [-0.39, 0.29) is 11.0 Å². The molecule has 0 bridgehead atoms. The van der Waals surface area contributed by atoms with Gasteiger partial charge in [-0.2, -0.15) is 0 Å². The Labute approximate surface area is 81.1 Å². The van der Waals surface area contributed by atoms with Gasteiger partial charge in [-0.3, -0.25) is 5.01 Å². The Morgan fingerprint density at radius 1 is 1.08 bits per heavy atom. The first-order valence-electron chi connectivity index (χ1n) is 4.74. The molecule has 1 heterocycles. The van der Waals surface area contributed by atoms with Crippen LogP contribution < -0.4 is 11.0 Å². The number of hydrogen-bond acceptors (Lipinski definition) is 3. The molecule has 1 aliphatic rings. The fourth-order valence-electron chi connectivity index (χ4n) is 1.06. The van der Waals surface area contributed by atoms with Crippen LogP contribution in [0.2, 0.25) is 0 Å². The van der Waals surface area contributed by atoms with Gasteiger partial charge in [-0.1, -0.05) is 20.8 Å². The summed E-state index contributed by atoms with van der Waals surface area (Å²) in [7, 11) is 0. The van der Waals surface area contributed by atoms with Crippen LogP contribution in [0.15, 0.2) is 11.9 Å². The number of nitrogens with one attached hydrogen (secondary N) is 2. The molecule has 0 aromatic heterocycles. The van der Waals surface area contributed by atoms with E-state index in [2.05, 4.69) is 63.7 Å². The molecule has 0 saturated carbocycles. The molecule has 0 saturated heterocycles. The molecule has 3 nitrogen and oxygen atoms in total. The molecule has 0 fully saturated rings. The number of hydrogen-bond donors (Lipinski definition) is 2. The van der Waals surface area contributed by atoms with Crippen molar-refractivity contribution in [2.75, 3.05) is 0 Å². The van der Waals surface area contributed by atoms with Crippen molar-refractivity contribution in [2.45, 2.75) is 47.1 Å². The van der Waals surface area contributed by atoms with E-state index in [9.17, 15) is 0 Å². The van der Waals surface area contributed by atoms with E-state index in [1.54, 1.807) is 0 Å². The van der Waals surface area contributed by atoms with Gasteiger partial charge in [-0.05, 0) is 20.8 Å². The van der Waals surface area contributed by atoms with Crippen LogP contribution in [0.3, 0.4) is 0 Å². The molecular formula is C10H21N3. The summed E-state index contributed by atoms with van der Waals surface area (Å²) in [6, 6.07) is 0. The van der Waals surface area contributed by atoms with Gasteiger partial charge in [0, 0.05) is 17.2 Å². The van der Waals surface area contributed by atoms with Gasteiger partial charge >= 0.3 is 0 Å². The van der Waals surface area contributed by atoms with E-state index in [4.69, 9.17) is 0 Å². The summed E-state index contributed by atoms with van der Waals surface area (Å²) in [6.07, 6.45) is 2.14. The highest BCUT2D eigenvalue weighted by atomic mass is 15.7. The fraction of sp³-hybridized carbons (Fsp3) is 0.800. The van der Waals surface area contributed by atoms with E-state index in [0.717, 1.165) is 0 Å². The third-order valence-electron chi connectivity index (χ3n) is 2.10. The number of nitrogens with zero attached hydrogens (tertiary/aromatic N) is 1. The van der Waals surface area contributed by atoms with Gasteiger partial charge in [-0.15, -0.1) is 5.53 Å². The molecule has 1 aliphatic heterocycles. The molecule has 0 amide bonds. The van der Waals surface area contributed by atoms with Gasteiger partial charge in [0.05, 0.1) is 5.70 Å². The average Bonchev–Trinajstić information content (AvgIpc) is 2.28. The largest absolute Gasteiger partial charge is 0.306 e. The molecule has 0 aromatic rings. The van der Waals surface area contributed by atoms with Crippen molar-refractivity contribution in [3.05, 3.63) is 11.9 Å². The van der Waals surface area contributed by atoms with Crippen molar-refractivity contribution < 1.29 is 0 Å². The number of rotatable bonds is 0. The van der Waals surface area contributed by atoms with Gasteiger partial charge in [0.1, 0.15) is 0 Å². The Morgan fingerprint density at radius 2 is 1.62 bits per heavy atom. The van der Waals surface area contributed by atoms with Crippen LogP contribution in [-0.4, -0.2) is 10.5 Å². The van der Waals surface area contributed by atoms with Crippen LogP contribution in [0, 0.1) is 5.41 Å². The predicted molar refractivity (Wildman–Crippen MR) is 55.4 cm³/mol. The van der Waals surface area contributed by atoms with E-state index in [0.29, 0.717) is 0 Å². The van der Waals surface area contributed by atoms with Crippen molar-refractivity contribution in [3.63, 3.8) is 0 Å². The lowest BCUT2D eigenvalue weighted by molar-refractivity contribution is 0.137. The Kier molecular flexibility index (Phi) is 2.32. The lowest BCUT2D eigenvalue weighted by Gasteiger charge is -2.30. The average molecular weight is 183 g/mol. The lowest BCUT2D eigenvalue weighted by Crippen LogP contribution is -2.47. The summed E-state index contributed by atoms with van der Waals surface area (Å²) in [5.74, 6) is 0. The Balaban J connectivity index is 2.76. The maximum absolute atomic E-state index is 3.19. The normalized spacial score (nSPS) is 18.6. The Bertz CT molecular complexity index is 217.